The van der Waals surface area contributed by atoms with Gasteiger partial charge in [0.15, 0.2) is 0 Å². The molecule has 180 valence electrons. The number of fused-ring (bicyclic) bond motifs is 1. The van der Waals surface area contributed by atoms with Crippen LogP contribution in [-0.4, -0.2) is 50.6 Å². The molecule has 5 rings (SSSR count). The Morgan fingerprint density at radius 1 is 1.03 bits per heavy atom. The summed E-state index contributed by atoms with van der Waals surface area (Å²) in [7, 11) is 0. The summed E-state index contributed by atoms with van der Waals surface area (Å²) in [4.78, 5) is 39.5. The Kier molecular flexibility index (Phi) is 6.13. The molecule has 1 aliphatic rings. The highest BCUT2D eigenvalue weighted by Gasteiger charge is 2.21. The van der Waals surface area contributed by atoms with Crippen molar-refractivity contribution < 1.29 is 0 Å². The number of piperazine rings is 1. The molecule has 2 N–H and O–H groups in total. The number of para-hydroxylation sites is 1. The van der Waals surface area contributed by atoms with Crippen LogP contribution in [0.4, 0.5) is 5.69 Å². The highest BCUT2D eigenvalue weighted by molar-refractivity contribution is 5.91. The van der Waals surface area contributed by atoms with Crippen LogP contribution in [0.15, 0.2) is 64.8 Å². The number of H-pyrrole nitrogens is 2. The third-order valence-corrected chi connectivity index (χ3v) is 6.67. The van der Waals surface area contributed by atoms with Crippen LogP contribution in [0.1, 0.15) is 25.0 Å². The van der Waals surface area contributed by atoms with Crippen LogP contribution in [0.3, 0.4) is 0 Å². The minimum absolute atomic E-state index is 0.299. The predicted molar refractivity (Wildman–Crippen MR) is 141 cm³/mol. The quantitative estimate of drug-likeness (QED) is 0.451. The molecule has 3 heterocycles. The monoisotopic (exact) mass is 470 g/mol. The third kappa shape index (κ3) is 4.57. The molecule has 0 saturated carbocycles. The molecule has 8 nitrogen and oxygen atoms in total. The number of aromatic amines is 2. The number of aryl methyl sites for hydroxylation is 1. The Bertz CT molecular complexity index is 1490. The lowest BCUT2D eigenvalue weighted by atomic mass is 10.1. The first-order valence-corrected chi connectivity index (χ1v) is 12.0. The molecular weight excluding hydrogens is 440 g/mol. The SMILES string of the molecule is C=C(C)c1ccc(-c2nc3c(N4CCN(Cc5cn(CC)c(=O)[nH]c5=O)CC4)cccc3[nH]2)cc1. The molecule has 2 aromatic carbocycles. The van der Waals surface area contributed by atoms with E-state index in [1.807, 2.05) is 13.8 Å². The Hall–Kier alpha value is -3.91. The zero-order chi connectivity index (χ0) is 24.5. The fourth-order valence-corrected chi connectivity index (χ4v) is 4.61. The first kappa shape index (κ1) is 22.9. The number of hydrogen-bond acceptors (Lipinski definition) is 5. The fourth-order valence-electron chi connectivity index (χ4n) is 4.61. The third-order valence-electron chi connectivity index (χ3n) is 6.67. The molecule has 0 bridgehead atoms. The van der Waals surface area contributed by atoms with Gasteiger partial charge in [0.25, 0.3) is 5.56 Å². The lowest BCUT2D eigenvalue weighted by molar-refractivity contribution is 0.248. The van der Waals surface area contributed by atoms with Gasteiger partial charge in [0, 0.05) is 56.6 Å². The van der Waals surface area contributed by atoms with Gasteiger partial charge in [0.1, 0.15) is 11.3 Å². The van der Waals surface area contributed by atoms with Crippen molar-refractivity contribution in [3.63, 3.8) is 0 Å². The largest absolute Gasteiger partial charge is 0.367 e. The van der Waals surface area contributed by atoms with Gasteiger partial charge in [-0.1, -0.05) is 42.5 Å². The minimum atomic E-state index is -0.357. The normalized spacial score (nSPS) is 14.5. The van der Waals surface area contributed by atoms with Gasteiger partial charge in [-0.25, -0.2) is 9.78 Å². The molecule has 1 saturated heterocycles. The highest BCUT2D eigenvalue weighted by Crippen LogP contribution is 2.29. The second-order valence-electron chi connectivity index (χ2n) is 9.08. The van der Waals surface area contributed by atoms with E-state index in [-0.39, 0.29) is 11.2 Å². The molecule has 0 atom stereocenters. The van der Waals surface area contributed by atoms with Crippen molar-refractivity contribution in [2.45, 2.75) is 26.9 Å². The number of aromatic nitrogens is 4. The van der Waals surface area contributed by atoms with E-state index in [1.165, 1.54) is 4.57 Å². The second-order valence-corrected chi connectivity index (χ2v) is 9.08. The average Bonchev–Trinajstić information content (AvgIpc) is 3.31. The van der Waals surface area contributed by atoms with Gasteiger partial charge in [0.2, 0.25) is 0 Å². The van der Waals surface area contributed by atoms with Gasteiger partial charge in [-0.3, -0.25) is 14.7 Å². The molecule has 1 fully saturated rings. The summed E-state index contributed by atoms with van der Waals surface area (Å²) in [5.41, 5.74) is 6.26. The molecule has 4 aromatic rings. The summed E-state index contributed by atoms with van der Waals surface area (Å²) >= 11 is 0. The number of allylic oxidation sites excluding steroid dienone is 1. The van der Waals surface area contributed by atoms with Crippen molar-refractivity contribution in [3.05, 3.63) is 87.2 Å². The van der Waals surface area contributed by atoms with Crippen LogP contribution in [-0.2, 0) is 13.1 Å². The summed E-state index contributed by atoms with van der Waals surface area (Å²) in [6.07, 6.45) is 1.68. The van der Waals surface area contributed by atoms with E-state index in [4.69, 9.17) is 4.98 Å². The summed E-state index contributed by atoms with van der Waals surface area (Å²) in [5.74, 6) is 0.852. The highest BCUT2D eigenvalue weighted by atomic mass is 16.2. The van der Waals surface area contributed by atoms with Crippen molar-refractivity contribution >= 4 is 22.3 Å². The van der Waals surface area contributed by atoms with E-state index < -0.39 is 0 Å². The second kappa shape index (κ2) is 9.38. The Morgan fingerprint density at radius 2 is 1.77 bits per heavy atom. The van der Waals surface area contributed by atoms with E-state index >= 15 is 0 Å². The number of anilines is 1. The molecule has 0 spiro atoms. The fraction of sp³-hybridized carbons (Fsp3) is 0.296. The standard InChI is InChI=1S/C27H30N6O2/c1-4-32-17-21(26(34)30-27(32)35)16-31-12-14-33(15-13-31)23-7-5-6-22-24(23)29-25(28-22)20-10-8-19(9-11-20)18(2)3/h5-11,17H,2,4,12-16H2,1,3H3,(H,28,29)(H,30,34,35). The number of nitrogens with zero attached hydrogens (tertiary/aromatic N) is 4. The first-order valence-electron chi connectivity index (χ1n) is 12.0. The zero-order valence-corrected chi connectivity index (χ0v) is 20.2. The first-order chi connectivity index (χ1) is 16.9. The Balaban J connectivity index is 1.33. The van der Waals surface area contributed by atoms with E-state index in [2.05, 4.69) is 68.8 Å². The van der Waals surface area contributed by atoms with Crippen molar-refractivity contribution in [1.29, 1.82) is 0 Å². The smallest absolute Gasteiger partial charge is 0.328 e. The molecule has 0 radical (unpaired) electrons. The summed E-state index contributed by atoms with van der Waals surface area (Å²) in [6.45, 7) is 12.3. The van der Waals surface area contributed by atoms with Crippen LogP contribution in [0.5, 0.6) is 0 Å². The maximum Gasteiger partial charge on any atom is 0.328 e. The summed E-state index contributed by atoms with van der Waals surface area (Å²) < 4.78 is 1.54. The number of nitrogens with one attached hydrogen (secondary N) is 2. The van der Waals surface area contributed by atoms with Gasteiger partial charge in [-0.2, -0.15) is 0 Å². The van der Waals surface area contributed by atoms with E-state index in [1.54, 1.807) is 6.20 Å². The van der Waals surface area contributed by atoms with Crippen molar-refractivity contribution in [2.75, 3.05) is 31.1 Å². The number of hydrogen-bond donors (Lipinski definition) is 2. The maximum absolute atomic E-state index is 12.3. The van der Waals surface area contributed by atoms with Gasteiger partial charge in [0.05, 0.1) is 11.2 Å². The molecule has 0 amide bonds. The van der Waals surface area contributed by atoms with Crippen molar-refractivity contribution in [1.82, 2.24) is 24.4 Å². The molecule has 1 aliphatic heterocycles. The van der Waals surface area contributed by atoms with Crippen molar-refractivity contribution in [2.24, 2.45) is 0 Å². The predicted octanol–water partition coefficient (Wildman–Crippen LogP) is 3.46. The van der Waals surface area contributed by atoms with Gasteiger partial charge in [-0.05, 0) is 31.5 Å². The summed E-state index contributed by atoms with van der Waals surface area (Å²) in [6, 6.07) is 14.5. The number of rotatable bonds is 6. The van der Waals surface area contributed by atoms with Crippen LogP contribution < -0.4 is 16.1 Å². The topological polar surface area (TPSA) is 90.0 Å². The van der Waals surface area contributed by atoms with Crippen LogP contribution in [0, 0.1) is 0 Å². The van der Waals surface area contributed by atoms with E-state index in [0.717, 1.165) is 65.4 Å². The van der Waals surface area contributed by atoms with Crippen molar-refractivity contribution in [3.8, 4) is 11.4 Å². The van der Waals surface area contributed by atoms with E-state index in [9.17, 15) is 9.59 Å². The number of benzene rings is 2. The maximum atomic E-state index is 12.3. The van der Waals surface area contributed by atoms with Crippen LogP contribution >= 0.6 is 0 Å². The molecule has 0 unspecified atom stereocenters. The van der Waals surface area contributed by atoms with Gasteiger partial charge >= 0.3 is 5.69 Å². The molecular formula is C27H30N6O2. The molecule has 35 heavy (non-hydrogen) atoms. The minimum Gasteiger partial charge on any atom is -0.367 e. The lowest BCUT2D eigenvalue weighted by Crippen LogP contribution is -2.47. The number of imidazole rings is 1. The van der Waals surface area contributed by atoms with Gasteiger partial charge in [-0.15, -0.1) is 0 Å². The molecule has 2 aromatic heterocycles. The summed E-state index contributed by atoms with van der Waals surface area (Å²) in [5, 5.41) is 0. The van der Waals surface area contributed by atoms with Gasteiger partial charge < -0.3 is 14.5 Å². The molecule has 0 aliphatic carbocycles. The van der Waals surface area contributed by atoms with E-state index in [0.29, 0.717) is 18.7 Å². The van der Waals surface area contributed by atoms with Crippen LogP contribution in [0.2, 0.25) is 0 Å². The lowest BCUT2D eigenvalue weighted by Gasteiger charge is -2.36. The Labute approximate surface area is 203 Å². The zero-order valence-electron chi connectivity index (χ0n) is 20.2. The molecule has 8 heteroatoms. The average molecular weight is 471 g/mol. The van der Waals surface area contributed by atoms with Crippen LogP contribution in [0.25, 0.3) is 28.0 Å². The Morgan fingerprint density at radius 3 is 2.46 bits per heavy atom.